The SMILES string of the molecule is CC(C)(C)c1c(O)cccc1/C(CO)=N/O. The number of phenols is 1. The Kier molecular flexibility index (Phi) is 3.55. The first-order valence-electron chi connectivity index (χ1n) is 5.06. The van der Waals surface area contributed by atoms with Crippen LogP contribution in [0.4, 0.5) is 0 Å². The van der Waals surface area contributed by atoms with Crippen LogP contribution in [-0.4, -0.2) is 27.7 Å². The topological polar surface area (TPSA) is 73.0 Å². The first-order chi connectivity index (χ1) is 7.41. The largest absolute Gasteiger partial charge is 0.508 e. The summed E-state index contributed by atoms with van der Waals surface area (Å²) in [5, 5.41) is 30.8. The second kappa shape index (κ2) is 4.53. The van der Waals surface area contributed by atoms with Gasteiger partial charge in [-0.2, -0.15) is 0 Å². The molecular weight excluding hydrogens is 206 g/mol. The average Bonchev–Trinajstić information content (AvgIpc) is 2.17. The van der Waals surface area contributed by atoms with Crippen molar-refractivity contribution in [3.05, 3.63) is 29.3 Å². The van der Waals surface area contributed by atoms with Crippen molar-refractivity contribution in [1.29, 1.82) is 0 Å². The molecule has 0 aliphatic rings. The normalized spacial score (nSPS) is 12.9. The van der Waals surface area contributed by atoms with Crippen LogP contribution >= 0.6 is 0 Å². The quantitative estimate of drug-likeness (QED) is 0.407. The van der Waals surface area contributed by atoms with E-state index in [0.29, 0.717) is 11.1 Å². The summed E-state index contributed by atoms with van der Waals surface area (Å²) in [7, 11) is 0. The van der Waals surface area contributed by atoms with Gasteiger partial charge in [-0.1, -0.05) is 38.1 Å². The van der Waals surface area contributed by atoms with Crippen molar-refractivity contribution in [3.63, 3.8) is 0 Å². The molecule has 0 bridgehead atoms. The van der Waals surface area contributed by atoms with Crippen LogP contribution in [0.15, 0.2) is 23.4 Å². The molecule has 88 valence electrons. The smallest absolute Gasteiger partial charge is 0.119 e. The molecule has 0 radical (unpaired) electrons. The number of benzene rings is 1. The van der Waals surface area contributed by atoms with Crippen LogP contribution in [0.5, 0.6) is 5.75 Å². The van der Waals surface area contributed by atoms with Crippen molar-refractivity contribution in [2.45, 2.75) is 26.2 Å². The van der Waals surface area contributed by atoms with Crippen molar-refractivity contribution < 1.29 is 15.4 Å². The molecule has 0 aliphatic heterocycles. The van der Waals surface area contributed by atoms with Gasteiger partial charge < -0.3 is 15.4 Å². The molecule has 0 unspecified atom stereocenters. The molecule has 4 nitrogen and oxygen atoms in total. The fourth-order valence-corrected chi connectivity index (χ4v) is 1.74. The fraction of sp³-hybridized carbons (Fsp3) is 0.417. The molecule has 0 atom stereocenters. The second-order valence-corrected chi connectivity index (χ2v) is 4.65. The summed E-state index contributed by atoms with van der Waals surface area (Å²) in [6, 6.07) is 4.95. The van der Waals surface area contributed by atoms with Crippen LogP contribution in [0.25, 0.3) is 0 Å². The van der Waals surface area contributed by atoms with Crippen molar-refractivity contribution in [2.24, 2.45) is 5.16 Å². The van der Waals surface area contributed by atoms with Crippen LogP contribution in [-0.2, 0) is 5.41 Å². The third kappa shape index (κ3) is 2.33. The number of hydrogen-bond donors (Lipinski definition) is 3. The second-order valence-electron chi connectivity index (χ2n) is 4.65. The number of oxime groups is 1. The van der Waals surface area contributed by atoms with Crippen LogP contribution in [0.3, 0.4) is 0 Å². The van der Waals surface area contributed by atoms with E-state index in [4.69, 9.17) is 10.3 Å². The number of aromatic hydroxyl groups is 1. The molecule has 16 heavy (non-hydrogen) atoms. The molecule has 0 aromatic heterocycles. The molecule has 1 aromatic rings. The maximum Gasteiger partial charge on any atom is 0.119 e. The monoisotopic (exact) mass is 223 g/mol. The Labute approximate surface area is 94.9 Å². The van der Waals surface area contributed by atoms with E-state index >= 15 is 0 Å². The predicted octanol–water partition coefficient (Wildman–Crippen LogP) is 1.86. The minimum Gasteiger partial charge on any atom is -0.508 e. The van der Waals surface area contributed by atoms with E-state index in [0.717, 1.165) is 0 Å². The Morgan fingerprint density at radius 1 is 1.31 bits per heavy atom. The summed E-state index contributed by atoms with van der Waals surface area (Å²) in [6.07, 6.45) is 0. The van der Waals surface area contributed by atoms with Gasteiger partial charge in [0.1, 0.15) is 11.5 Å². The molecule has 0 fully saturated rings. The van der Waals surface area contributed by atoms with E-state index in [1.165, 1.54) is 0 Å². The Morgan fingerprint density at radius 3 is 2.38 bits per heavy atom. The summed E-state index contributed by atoms with van der Waals surface area (Å²) in [5.74, 6) is 0.139. The van der Waals surface area contributed by atoms with E-state index in [1.807, 2.05) is 20.8 Å². The van der Waals surface area contributed by atoms with Gasteiger partial charge in [-0.3, -0.25) is 0 Å². The standard InChI is InChI=1S/C12H17NO3/c1-12(2,3)11-8(9(7-14)13-16)5-4-6-10(11)15/h4-6,14-16H,7H2,1-3H3/b13-9+. The van der Waals surface area contributed by atoms with Gasteiger partial charge in [-0.05, 0) is 11.5 Å². The number of rotatable bonds is 2. The van der Waals surface area contributed by atoms with Gasteiger partial charge in [0, 0.05) is 11.1 Å². The number of phenolic OH excluding ortho intramolecular Hbond substituents is 1. The molecule has 0 aliphatic carbocycles. The Hall–Kier alpha value is -1.55. The summed E-state index contributed by atoms with van der Waals surface area (Å²) in [6.45, 7) is 5.46. The molecule has 0 amide bonds. The third-order valence-electron chi connectivity index (χ3n) is 2.37. The lowest BCUT2D eigenvalue weighted by Crippen LogP contribution is -2.19. The average molecular weight is 223 g/mol. The molecule has 0 spiro atoms. The summed E-state index contributed by atoms with van der Waals surface area (Å²) in [4.78, 5) is 0. The lowest BCUT2D eigenvalue weighted by Gasteiger charge is -2.23. The van der Waals surface area contributed by atoms with E-state index in [-0.39, 0.29) is 23.5 Å². The molecule has 0 saturated carbocycles. The van der Waals surface area contributed by atoms with Crippen molar-refractivity contribution in [1.82, 2.24) is 0 Å². The molecule has 0 heterocycles. The Bertz CT molecular complexity index is 405. The molecule has 0 saturated heterocycles. The lowest BCUT2D eigenvalue weighted by atomic mass is 9.82. The molecule has 1 aromatic carbocycles. The van der Waals surface area contributed by atoms with Crippen LogP contribution < -0.4 is 0 Å². The Morgan fingerprint density at radius 2 is 1.94 bits per heavy atom. The van der Waals surface area contributed by atoms with Gasteiger partial charge in [-0.25, -0.2) is 0 Å². The maximum absolute atomic E-state index is 9.85. The summed E-state index contributed by atoms with van der Waals surface area (Å²) in [5.41, 5.74) is 1.08. The lowest BCUT2D eigenvalue weighted by molar-refractivity contribution is 0.303. The first kappa shape index (κ1) is 12.5. The van der Waals surface area contributed by atoms with Crippen LogP contribution in [0.2, 0.25) is 0 Å². The molecular formula is C12H17NO3. The minimum absolute atomic E-state index is 0.139. The van der Waals surface area contributed by atoms with Gasteiger partial charge in [-0.15, -0.1) is 0 Å². The highest BCUT2D eigenvalue weighted by Gasteiger charge is 2.24. The zero-order valence-electron chi connectivity index (χ0n) is 9.73. The van der Waals surface area contributed by atoms with Crippen molar-refractivity contribution in [2.75, 3.05) is 6.61 Å². The number of aliphatic hydroxyl groups is 1. The number of hydrogen-bond acceptors (Lipinski definition) is 4. The van der Waals surface area contributed by atoms with Crippen LogP contribution in [0, 0.1) is 0 Å². The highest BCUT2D eigenvalue weighted by molar-refractivity contribution is 6.03. The molecule has 4 heteroatoms. The van der Waals surface area contributed by atoms with Crippen molar-refractivity contribution >= 4 is 5.71 Å². The minimum atomic E-state index is -0.372. The van der Waals surface area contributed by atoms with Crippen LogP contribution in [0.1, 0.15) is 31.9 Å². The van der Waals surface area contributed by atoms with E-state index in [2.05, 4.69) is 5.16 Å². The highest BCUT2D eigenvalue weighted by atomic mass is 16.4. The van der Waals surface area contributed by atoms with Gasteiger partial charge in [0.25, 0.3) is 0 Å². The van der Waals surface area contributed by atoms with Crippen molar-refractivity contribution in [3.8, 4) is 5.75 Å². The number of aliphatic hydroxyl groups excluding tert-OH is 1. The molecule has 3 N–H and O–H groups in total. The van der Waals surface area contributed by atoms with Gasteiger partial charge >= 0.3 is 0 Å². The summed E-state index contributed by atoms with van der Waals surface area (Å²) >= 11 is 0. The van der Waals surface area contributed by atoms with Gasteiger partial charge in [0.2, 0.25) is 0 Å². The fourth-order valence-electron chi connectivity index (χ4n) is 1.74. The first-order valence-corrected chi connectivity index (χ1v) is 5.06. The molecule has 1 rings (SSSR count). The highest BCUT2D eigenvalue weighted by Crippen LogP contribution is 2.33. The number of nitrogens with zero attached hydrogens (tertiary/aromatic N) is 1. The summed E-state index contributed by atoms with van der Waals surface area (Å²) < 4.78 is 0. The predicted molar refractivity (Wildman–Crippen MR) is 62.2 cm³/mol. The van der Waals surface area contributed by atoms with Gasteiger partial charge in [0.15, 0.2) is 0 Å². The zero-order valence-corrected chi connectivity index (χ0v) is 9.73. The maximum atomic E-state index is 9.85. The van der Waals surface area contributed by atoms with E-state index in [9.17, 15) is 5.11 Å². The Balaban J connectivity index is 3.46. The zero-order chi connectivity index (χ0) is 12.3. The third-order valence-corrected chi connectivity index (χ3v) is 2.37. The van der Waals surface area contributed by atoms with Gasteiger partial charge in [0.05, 0.1) is 6.61 Å². The van der Waals surface area contributed by atoms with E-state index < -0.39 is 0 Å². The van der Waals surface area contributed by atoms with E-state index in [1.54, 1.807) is 18.2 Å².